The lowest BCUT2D eigenvalue weighted by Crippen LogP contribution is -2.34. The Balaban J connectivity index is 2.08. The van der Waals surface area contributed by atoms with Gasteiger partial charge in [-0.05, 0) is 32.0 Å². The van der Waals surface area contributed by atoms with Crippen LogP contribution in [-0.4, -0.2) is 23.5 Å². The number of aryl methyl sites for hydroxylation is 1. The van der Waals surface area contributed by atoms with Crippen molar-refractivity contribution < 1.29 is 4.79 Å². The molecule has 3 heterocycles. The molecule has 5 heteroatoms. The van der Waals surface area contributed by atoms with Gasteiger partial charge in [-0.15, -0.1) is 11.3 Å². The van der Waals surface area contributed by atoms with Crippen LogP contribution in [0.25, 0.3) is 21.0 Å². The van der Waals surface area contributed by atoms with Gasteiger partial charge in [-0.1, -0.05) is 6.07 Å². The molecule has 3 aromatic rings. The van der Waals surface area contributed by atoms with Crippen molar-refractivity contribution in [3.8, 4) is 0 Å². The Labute approximate surface area is 126 Å². The first kappa shape index (κ1) is 12.6. The predicted molar refractivity (Wildman–Crippen MR) is 87.3 cm³/mol. The van der Waals surface area contributed by atoms with Gasteiger partial charge in [0.25, 0.3) is 5.91 Å². The fourth-order valence-corrected chi connectivity index (χ4v) is 3.93. The van der Waals surface area contributed by atoms with Crippen molar-refractivity contribution in [1.29, 1.82) is 0 Å². The van der Waals surface area contributed by atoms with E-state index in [-0.39, 0.29) is 11.9 Å². The van der Waals surface area contributed by atoms with Crippen LogP contribution in [0.4, 0.5) is 5.69 Å². The van der Waals surface area contributed by atoms with Crippen LogP contribution < -0.4 is 10.6 Å². The summed E-state index contributed by atoms with van der Waals surface area (Å²) in [6.07, 6.45) is 0. The summed E-state index contributed by atoms with van der Waals surface area (Å²) >= 11 is 1.54. The quantitative estimate of drug-likeness (QED) is 0.669. The highest BCUT2D eigenvalue weighted by Gasteiger charge is 2.24. The SMILES string of the molecule is Cc1ccc2c(ccc3sc4c(c32)NC[C@H](C)NC4=O)n1. The largest absolute Gasteiger partial charge is 0.381 e. The Bertz CT molecular complexity index is 884. The van der Waals surface area contributed by atoms with E-state index in [4.69, 9.17) is 0 Å². The summed E-state index contributed by atoms with van der Waals surface area (Å²) in [6.45, 7) is 4.73. The second-order valence-corrected chi connectivity index (χ2v) is 6.57. The molecule has 0 unspecified atom stereocenters. The highest BCUT2D eigenvalue weighted by atomic mass is 32.1. The maximum atomic E-state index is 12.3. The van der Waals surface area contributed by atoms with E-state index in [2.05, 4.69) is 27.8 Å². The number of rotatable bonds is 0. The Morgan fingerprint density at radius 2 is 2.14 bits per heavy atom. The molecule has 1 amide bonds. The van der Waals surface area contributed by atoms with Crippen LogP contribution in [0.1, 0.15) is 22.3 Å². The molecular formula is C16H15N3OS. The number of nitrogens with zero attached hydrogens (tertiary/aromatic N) is 1. The van der Waals surface area contributed by atoms with Crippen molar-refractivity contribution in [2.75, 3.05) is 11.9 Å². The number of hydrogen-bond acceptors (Lipinski definition) is 4. The lowest BCUT2D eigenvalue weighted by molar-refractivity contribution is 0.0949. The number of nitrogens with one attached hydrogen (secondary N) is 2. The molecule has 0 saturated carbocycles. The summed E-state index contributed by atoms with van der Waals surface area (Å²) in [7, 11) is 0. The van der Waals surface area contributed by atoms with Crippen molar-refractivity contribution in [3.63, 3.8) is 0 Å². The average molecular weight is 297 g/mol. The molecule has 1 aliphatic heterocycles. The van der Waals surface area contributed by atoms with Crippen LogP contribution in [0, 0.1) is 6.92 Å². The molecule has 4 nitrogen and oxygen atoms in total. The van der Waals surface area contributed by atoms with Gasteiger partial charge >= 0.3 is 0 Å². The number of pyridine rings is 1. The average Bonchev–Trinajstić information content (AvgIpc) is 2.77. The molecule has 0 bridgehead atoms. The Hall–Kier alpha value is -2.14. The minimum absolute atomic E-state index is 0.0110. The lowest BCUT2D eigenvalue weighted by Gasteiger charge is -2.10. The van der Waals surface area contributed by atoms with Crippen molar-refractivity contribution in [2.24, 2.45) is 0 Å². The van der Waals surface area contributed by atoms with Gasteiger partial charge in [-0.25, -0.2) is 0 Å². The molecule has 0 spiro atoms. The van der Waals surface area contributed by atoms with E-state index >= 15 is 0 Å². The molecule has 4 rings (SSSR count). The van der Waals surface area contributed by atoms with Crippen LogP contribution in [-0.2, 0) is 0 Å². The molecule has 2 aromatic heterocycles. The number of hydrogen-bond donors (Lipinski definition) is 2. The zero-order chi connectivity index (χ0) is 14.6. The van der Waals surface area contributed by atoms with Gasteiger partial charge in [0.05, 0.1) is 11.2 Å². The third kappa shape index (κ3) is 1.88. The van der Waals surface area contributed by atoms with Gasteiger partial charge in [0, 0.05) is 33.8 Å². The molecule has 1 aromatic carbocycles. The van der Waals surface area contributed by atoms with E-state index in [1.807, 2.05) is 26.0 Å². The number of carbonyl (C=O) groups excluding carboxylic acids is 1. The predicted octanol–water partition coefficient (Wildman–Crippen LogP) is 3.30. The molecule has 106 valence electrons. The molecule has 0 aliphatic carbocycles. The van der Waals surface area contributed by atoms with Crippen molar-refractivity contribution in [2.45, 2.75) is 19.9 Å². The normalized spacial score (nSPS) is 18.2. The van der Waals surface area contributed by atoms with E-state index in [1.165, 1.54) is 11.3 Å². The summed E-state index contributed by atoms with van der Waals surface area (Å²) in [4.78, 5) is 17.7. The van der Waals surface area contributed by atoms with Crippen LogP contribution in [0.5, 0.6) is 0 Å². The summed E-state index contributed by atoms with van der Waals surface area (Å²) in [5.74, 6) is 0.0110. The fraction of sp³-hybridized carbons (Fsp3) is 0.250. The van der Waals surface area contributed by atoms with Gasteiger partial charge in [0.15, 0.2) is 0 Å². The highest BCUT2D eigenvalue weighted by Crippen LogP contribution is 2.40. The van der Waals surface area contributed by atoms with E-state index in [1.54, 1.807) is 0 Å². The molecule has 0 fully saturated rings. The summed E-state index contributed by atoms with van der Waals surface area (Å²) in [5.41, 5.74) is 2.93. The zero-order valence-corrected chi connectivity index (χ0v) is 12.7. The maximum Gasteiger partial charge on any atom is 0.263 e. The summed E-state index contributed by atoms with van der Waals surface area (Å²) < 4.78 is 1.12. The molecule has 0 saturated heterocycles. The Morgan fingerprint density at radius 1 is 1.29 bits per heavy atom. The van der Waals surface area contributed by atoms with E-state index in [0.717, 1.165) is 43.8 Å². The smallest absolute Gasteiger partial charge is 0.263 e. The monoisotopic (exact) mass is 297 g/mol. The topological polar surface area (TPSA) is 54.0 Å². The van der Waals surface area contributed by atoms with Crippen molar-refractivity contribution >= 4 is 43.9 Å². The molecule has 1 atom stereocenters. The second kappa shape index (κ2) is 4.43. The van der Waals surface area contributed by atoms with E-state index in [9.17, 15) is 4.79 Å². The molecule has 1 aliphatic rings. The number of aromatic nitrogens is 1. The first-order chi connectivity index (χ1) is 10.1. The van der Waals surface area contributed by atoms with E-state index in [0.29, 0.717) is 0 Å². The Morgan fingerprint density at radius 3 is 3.00 bits per heavy atom. The van der Waals surface area contributed by atoms with Gasteiger partial charge in [-0.2, -0.15) is 0 Å². The number of amides is 1. The van der Waals surface area contributed by atoms with Gasteiger partial charge in [0.2, 0.25) is 0 Å². The number of anilines is 1. The first-order valence-corrected chi connectivity index (χ1v) is 7.83. The molecule has 0 radical (unpaired) electrons. The summed E-state index contributed by atoms with van der Waals surface area (Å²) in [6, 6.07) is 8.33. The number of thiophene rings is 1. The fourth-order valence-electron chi connectivity index (χ4n) is 2.83. The second-order valence-electron chi connectivity index (χ2n) is 5.52. The van der Waals surface area contributed by atoms with Gasteiger partial charge < -0.3 is 10.6 Å². The number of carbonyl (C=O) groups is 1. The zero-order valence-electron chi connectivity index (χ0n) is 11.9. The lowest BCUT2D eigenvalue weighted by atomic mass is 10.1. The molecule has 21 heavy (non-hydrogen) atoms. The minimum Gasteiger partial charge on any atom is -0.381 e. The van der Waals surface area contributed by atoms with Crippen LogP contribution in [0.2, 0.25) is 0 Å². The Kier molecular flexibility index (Phi) is 2.65. The maximum absolute atomic E-state index is 12.3. The van der Waals surface area contributed by atoms with Crippen LogP contribution in [0.15, 0.2) is 24.3 Å². The standard InChI is InChI=1S/C16H15N3OS/c1-8-3-4-10-11(18-8)5-6-12-13(10)14-15(21-12)16(20)19-9(2)7-17-14/h3-6,9,17H,7H2,1-2H3,(H,19,20)/t9-/m0/s1. The van der Waals surface area contributed by atoms with Crippen molar-refractivity contribution in [3.05, 3.63) is 34.8 Å². The number of benzene rings is 1. The van der Waals surface area contributed by atoms with Gasteiger partial charge in [0.1, 0.15) is 4.88 Å². The summed E-state index contributed by atoms with van der Waals surface area (Å²) in [5, 5.41) is 8.66. The highest BCUT2D eigenvalue weighted by molar-refractivity contribution is 7.21. The third-order valence-corrected chi connectivity index (χ3v) is 4.98. The van der Waals surface area contributed by atoms with Crippen LogP contribution in [0.3, 0.4) is 0 Å². The van der Waals surface area contributed by atoms with Crippen molar-refractivity contribution in [1.82, 2.24) is 10.3 Å². The third-order valence-electron chi connectivity index (χ3n) is 3.83. The van der Waals surface area contributed by atoms with Gasteiger partial charge in [-0.3, -0.25) is 9.78 Å². The number of fused-ring (bicyclic) bond motifs is 5. The van der Waals surface area contributed by atoms with Crippen LogP contribution >= 0.6 is 11.3 Å². The molecule has 2 N–H and O–H groups in total. The van der Waals surface area contributed by atoms with E-state index < -0.39 is 0 Å². The molecular weight excluding hydrogens is 282 g/mol. The minimum atomic E-state index is 0.0110. The first-order valence-electron chi connectivity index (χ1n) is 7.01.